The first-order valence-corrected chi connectivity index (χ1v) is 10.1. The molecule has 1 aliphatic rings. The van der Waals surface area contributed by atoms with E-state index in [0.29, 0.717) is 6.54 Å². The second-order valence-electron chi connectivity index (χ2n) is 6.92. The molecule has 1 aliphatic heterocycles. The van der Waals surface area contributed by atoms with Crippen molar-refractivity contribution >= 4 is 35.6 Å². The number of carbonyl (C=O) groups excluding carboxylic acids is 1. The second-order valence-corrected chi connectivity index (χ2v) is 7.33. The number of anilines is 1. The molecule has 1 heterocycles. The molecule has 0 aliphatic carbocycles. The van der Waals surface area contributed by atoms with Gasteiger partial charge in [-0.3, -0.25) is 9.69 Å². The van der Waals surface area contributed by atoms with E-state index in [-0.39, 0.29) is 24.4 Å². The van der Waals surface area contributed by atoms with Crippen molar-refractivity contribution in [3.8, 4) is 0 Å². The molecule has 4 nitrogen and oxygen atoms in total. The Balaban J connectivity index is 0.00000280. The lowest BCUT2D eigenvalue weighted by Crippen LogP contribution is -2.48. The average Bonchev–Trinajstić information content (AvgIpc) is 2.69. The largest absolute Gasteiger partial charge is 0.324 e. The smallest absolute Gasteiger partial charge is 0.238 e. The van der Waals surface area contributed by atoms with Crippen LogP contribution in [-0.2, 0) is 17.6 Å². The molecular formula is C22H29Cl2N3O. The molecule has 0 spiro atoms. The van der Waals surface area contributed by atoms with Gasteiger partial charge in [-0.1, -0.05) is 61.8 Å². The molecule has 0 bridgehead atoms. The van der Waals surface area contributed by atoms with E-state index >= 15 is 0 Å². The molecule has 2 N–H and O–H groups in total. The van der Waals surface area contributed by atoms with Gasteiger partial charge in [0.15, 0.2) is 0 Å². The number of nitrogens with one attached hydrogen (secondary N) is 2. The van der Waals surface area contributed by atoms with E-state index in [0.717, 1.165) is 48.7 Å². The highest BCUT2D eigenvalue weighted by Crippen LogP contribution is 2.28. The number of para-hydroxylation sites is 1. The fourth-order valence-electron chi connectivity index (χ4n) is 3.75. The van der Waals surface area contributed by atoms with Crippen molar-refractivity contribution in [2.45, 2.75) is 32.7 Å². The van der Waals surface area contributed by atoms with Gasteiger partial charge in [0, 0.05) is 36.4 Å². The van der Waals surface area contributed by atoms with Gasteiger partial charge in [0.1, 0.15) is 0 Å². The summed E-state index contributed by atoms with van der Waals surface area (Å²) in [5, 5.41) is 7.35. The molecular weight excluding hydrogens is 393 g/mol. The van der Waals surface area contributed by atoms with Gasteiger partial charge < -0.3 is 10.6 Å². The van der Waals surface area contributed by atoms with Crippen molar-refractivity contribution in [2.24, 2.45) is 0 Å². The maximum Gasteiger partial charge on any atom is 0.238 e. The van der Waals surface area contributed by atoms with Crippen LogP contribution in [0.3, 0.4) is 0 Å². The van der Waals surface area contributed by atoms with Gasteiger partial charge >= 0.3 is 0 Å². The molecule has 28 heavy (non-hydrogen) atoms. The first-order valence-electron chi connectivity index (χ1n) is 9.73. The highest BCUT2D eigenvalue weighted by molar-refractivity contribution is 6.31. The summed E-state index contributed by atoms with van der Waals surface area (Å²) < 4.78 is 0. The number of aryl methyl sites for hydroxylation is 2. The van der Waals surface area contributed by atoms with E-state index in [1.54, 1.807) is 0 Å². The Morgan fingerprint density at radius 2 is 1.82 bits per heavy atom. The zero-order valence-electron chi connectivity index (χ0n) is 16.5. The summed E-state index contributed by atoms with van der Waals surface area (Å²) in [5.41, 5.74) is 4.43. The van der Waals surface area contributed by atoms with Gasteiger partial charge in [0.05, 0.1) is 6.54 Å². The van der Waals surface area contributed by atoms with E-state index in [1.165, 1.54) is 11.1 Å². The number of benzene rings is 2. The normalized spacial score (nSPS) is 17.0. The third-order valence-corrected chi connectivity index (χ3v) is 5.57. The van der Waals surface area contributed by atoms with E-state index in [2.05, 4.69) is 47.6 Å². The van der Waals surface area contributed by atoms with Crippen LogP contribution in [0.5, 0.6) is 0 Å². The van der Waals surface area contributed by atoms with Gasteiger partial charge in [0.2, 0.25) is 5.91 Å². The Hall–Kier alpha value is -1.59. The number of hydrogen-bond donors (Lipinski definition) is 2. The van der Waals surface area contributed by atoms with E-state index in [9.17, 15) is 4.79 Å². The van der Waals surface area contributed by atoms with Crippen LogP contribution in [0.1, 0.15) is 36.6 Å². The van der Waals surface area contributed by atoms with Crippen LogP contribution in [0, 0.1) is 0 Å². The molecule has 1 unspecified atom stereocenters. The fraction of sp³-hybridized carbons (Fsp3) is 0.409. The zero-order valence-corrected chi connectivity index (χ0v) is 18.1. The number of rotatable bonds is 6. The third-order valence-electron chi connectivity index (χ3n) is 5.23. The van der Waals surface area contributed by atoms with Crippen LogP contribution < -0.4 is 10.6 Å². The molecule has 1 saturated heterocycles. The lowest BCUT2D eigenvalue weighted by atomic mass is 10.0. The molecule has 1 fully saturated rings. The van der Waals surface area contributed by atoms with Crippen molar-refractivity contribution in [3.63, 3.8) is 0 Å². The van der Waals surface area contributed by atoms with Gasteiger partial charge in [0.25, 0.3) is 0 Å². The van der Waals surface area contributed by atoms with E-state index in [4.69, 9.17) is 11.6 Å². The van der Waals surface area contributed by atoms with Gasteiger partial charge in [-0.25, -0.2) is 0 Å². The summed E-state index contributed by atoms with van der Waals surface area (Å²) >= 11 is 6.41. The minimum atomic E-state index is 0. The van der Waals surface area contributed by atoms with Crippen molar-refractivity contribution in [3.05, 3.63) is 64.2 Å². The minimum absolute atomic E-state index is 0. The number of nitrogens with zero attached hydrogens (tertiary/aromatic N) is 1. The number of halogens is 2. The monoisotopic (exact) mass is 421 g/mol. The highest BCUT2D eigenvalue weighted by atomic mass is 35.5. The summed E-state index contributed by atoms with van der Waals surface area (Å²) in [6, 6.07) is 14.2. The molecule has 0 saturated carbocycles. The first-order chi connectivity index (χ1) is 13.1. The molecule has 2 aromatic carbocycles. The van der Waals surface area contributed by atoms with Crippen LogP contribution in [0.2, 0.25) is 5.02 Å². The number of piperazine rings is 1. The Morgan fingerprint density at radius 1 is 1.14 bits per heavy atom. The van der Waals surface area contributed by atoms with Crippen LogP contribution >= 0.6 is 24.0 Å². The maximum atomic E-state index is 12.9. The minimum Gasteiger partial charge on any atom is -0.324 e. The molecule has 1 atom stereocenters. The number of amides is 1. The highest BCUT2D eigenvalue weighted by Gasteiger charge is 2.27. The Kier molecular flexibility index (Phi) is 8.77. The molecule has 0 radical (unpaired) electrons. The molecule has 1 amide bonds. The third kappa shape index (κ3) is 5.26. The number of carbonyl (C=O) groups is 1. The van der Waals surface area contributed by atoms with Crippen LogP contribution in [-0.4, -0.2) is 37.0 Å². The Labute approximate surface area is 179 Å². The lowest BCUT2D eigenvalue weighted by molar-refractivity contribution is -0.118. The average molecular weight is 422 g/mol. The zero-order chi connectivity index (χ0) is 19.2. The molecule has 3 rings (SSSR count). The molecule has 152 valence electrons. The van der Waals surface area contributed by atoms with Crippen molar-refractivity contribution < 1.29 is 4.79 Å². The quantitative estimate of drug-likeness (QED) is 0.722. The van der Waals surface area contributed by atoms with E-state index in [1.807, 2.05) is 24.3 Å². The van der Waals surface area contributed by atoms with Crippen LogP contribution in [0.25, 0.3) is 0 Å². The van der Waals surface area contributed by atoms with Crippen molar-refractivity contribution in [1.82, 2.24) is 10.2 Å². The predicted molar refractivity (Wildman–Crippen MR) is 120 cm³/mol. The summed E-state index contributed by atoms with van der Waals surface area (Å²) in [6.45, 7) is 7.09. The van der Waals surface area contributed by atoms with E-state index < -0.39 is 0 Å². The molecule has 2 aromatic rings. The summed E-state index contributed by atoms with van der Waals surface area (Å²) in [6.07, 6.45) is 1.80. The summed E-state index contributed by atoms with van der Waals surface area (Å²) in [4.78, 5) is 15.1. The number of hydrogen-bond acceptors (Lipinski definition) is 3. The van der Waals surface area contributed by atoms with Gasteiger partial charge in [-0.2, -0.15) is 0 Å². The van der Waals surface area contributed by atoms with Crippen molar-refractivity contribution in [2.75, 3.05) is 31.5 Å². The maximum absolute atomic E-state index is 12.9. The predicted octanol–water partition coefficient (Wildman–Crippen LogP) is 4.47. The lowest BCUT2D eigenvalue weighted by Gasteiger charge is -2.36. The fourth-order valence-corrected chi connectivity index (χ4v) is 4.02. The summed E-state index contributed by atoms with van der Waals surface area (Å²) in [5.74, 6) is 0.0320. The van der Waals surface area contributed by atoms with Gasteiger partial charge in [-0.05, 0) is 35.6 Å². The Bertz CT molecular complexity index is 775. The summed E-state index contributed by atoms with van der Waals surface area (Å²) in [7, 11) is 0. The topological polar surface area (TPSA) is 44.4 Å². The first kappa shape index (κ1) is 22.7. The standard InChI is InChI=1S/C22H28ClN3O.ClH/c1-3-16-8-7-9-17(4-2)22(16)25-21(27)15-26-13-12-24-14-20(26)18-10-5-6-11-19(18)23;/h5-11,20,24H,3-4,12-15H2,1-2H3,(H,25,27);1H. The Morgan fingerprint density at radius 3 is 2.46 bits per heavy atom. The van der Waals surface area contributed by atoms with Crippen LogP contribution in [0.4, 0.5) is 5.69 Å². The van der Waals surface area contributed by atoms with Crippen LogP contribution in [0.15, 0.2) is 42.5 Å². The SMILES string of the molecule is CCc1cccc(CC)c1NC(=O)CN1CCNCC1c1ccccc1Cl.Cl. The van der Waals surface area contributed by atoms with Crippen molar-refractivity contribution in [1.29, 1.82) is 0 Å². The molecule has 6 heteroatoms. The molecule has 0 aromatic heterocycles. The second kappa shape index (κ2) is 10.8. The van der Waals surface area contributed by atoms with Gasteiger partial charge in [-0.15, -0.1) is 12.4 Å².